The van der Waals surface area contributed by atoms with Gasteiger partial charge in [-0.1, -0.05) is 12.1 Å². The van der Waals surface area contributed by atoms with Crippen molar-refractivity contribution in [2.45, 2.75) is 24.4 Å². The third-order valence-electron chi connectivity index (χ3n) is 3.04. The van der Waals surface area contributed by atoms with Crippen LogP contribution in [0.25, 0.3) is 0 Å². The molecule has 0 saturated carbocycles. The number of amides is 1. The van der Waals surface area contributed by atoms with Gasteiger partial charge in [0.05, 0.1) is 6.61 Å². The fourth-order valence-electron chi connectivity index (χ4n) is 2.04. The summed E-state index contributed by atoms with van der Waals surface area (Å²) in [6, 6.07) is 6.33. The van der Waals surface area contributed by atoms with E-state index in [1.807, 2.05) is 0 Å². The van der Waals surface area contributed by atoms with Gasteiger partial charge < -0.3 is 25.8 Å². The van der Waals surface area contributed by atoms with Crippen LogP contribution in [0.1, 0.15) is 22.0 Å². The first-order valence-electron chi connectivity index (χ1n) is 5.57. The summed E-state index contributed by atoms with van der Waals surface area (Å²) in [5, 5.41) is 28.5. The lowest BCUT2D eigenvalue weighted by Gasteiger charge is -2.15. The highest BCUT2D eigenvalue weighted by Crippen LogP contribution is 2.33. The van der Waals surface area contributed by atoms with Crippen molar-refractivity contribution in [2.75, 3.05) is 6.61 Å². The number of benzene rings is 1. The molecule has 0 aliphatic carbocycles. The zero-order valence-electron chi connectivity index (χ0n) is 9.56. The Bertz CT molecular complexity index is 450. The number of carbonyl (C=O) groups excluding carboxylic acids is 1. The molecule has 0 bridgehead atoms. The fraction of sp³-hybridized carbons (Fsp3) is 0.417. The Morgan fingerprint density at radius 1 is 1.33 bits per heavy atom. The highest BCUT2D eigenvalue weighted by atomic mass is 16.6. The highest BCUT2D eigenvalue weighted by molar-refractivity contribution is 5.92. The molecule has 6 heteroatoms. The SMILES string of the molecule is NC(=O)c1cccc([C@H]2O[C@@H](CO)[C@H](O)[C@@H]2O)c1. The Hall–Kier alpha value is -1.47. The predicted molar refractivity (Wildman–Crippen MR) is 61.7 cm³/mol. The van der Waals surface area contributed by atoms with Gasteiger partial charge in [0.15, 0.2) is 0 Å². The van der Waals surface area contributed by atoms with Crippen LogP contribution in [0.4, 0.5) is 0 Å². The summed E-state index contributed by atoms with van der Waals surface area (Å²) >= 11 is 0. The van der Waals surface area contributed by atoms with Gasteiger partial charge in [-0.2, -0.15) is 0 Å². The van der Waals surface area contributed by atoms with E-state index < -0.39 is 30.3 Å². The molecule has 2 rings (SSSR count). The van der Waals surface area contributed by atoms with Crippen LogP contribution >= 0.6 is 0 Å². The van der Waals surface area contributed by atoms with Crippen molar-refractivity contribution in [3.8, 4) is 0 Å². The number of ether oxygens (including phenoxy) is 1. The number of carbonyl (C=O) groups is 1. The molecular weight excluding hydrogens is 238 g/mol. The summed E-state index contributed by atoms with van der Waals surface area (Å²) in [6.45, 7) is -0.385. The summed E-state index contributed by atoms with van der Waals surface area (Å²) in [5.41, 5.74) is 6.00. The fourth-order valence-corrected chi connectivity index (χ4v) is 2.04. The number of rotatable bonds is 3. The molecule has 5 N–H and O–H groups in total. The van der Waals surface area contributed by atoms with Gasteiger partial charge in [0.1, 0.15) is 24.4 Å². The van der Waals surface area contributed by atoms with Gasteiger partial charge in [-0.15, -0.1) is 0 Å². The van der Waals surface area contributed by atoms with Crippen LogP contribution in [-0.2, 0) is 4.74 Å². The molecule has 1 fully saturated rings. The van der Waals surface area contributed by atoms with E-state index >= 15 is 0 Å². The number of hydrogen-bond acceptors (Lipinski definition) is 5. The first-order chi connectivity index (χ1) is 8.54. The molecule has 1 heterocycles. The molecule has 1 saturated heterocycles. The lowest BCUT2D eigenvalue weighted by atomic mass is 10.00. The van der Waals surface area contributed by atoms with Crippen molar-refractivity contribution in [3.05, 3.63) is 35.4 Å². The minimum atomic E-state index is -1.16. The zero-order chi connectivity index (χ0) is 13.3. The minimum Gasteiger partial charge on any atom is -0.394 e. The summed E-state index contributed by atoms with van der Waals surface area (Å²) in [7, 11) is 0. The summed E-state index contributed by atoms with van der Waals surface area (Å²) in [6.07, 6.45) is -3.92. The highest BCUT2D eigenvalue weighted by Gasteiger charge is 2.42. The van der Waals surface area contributed by atoms with E-state index in [1.54, 1.807) is 18.2 Å². The average Bonchev–Trinajstić information content (AvgIpc) is 2.66. The van der Waals surface area contributed by atoms with Gasteiger partial charge in [0, 0.05) is 5.56 Å². The van der Waals surface area contributed by atoms with Gasteiger partial charge in [-0.25, -0.2) is 0 Å². The van der Waals surface area contributed by atoms with E-state index in [4.69, 9.17) is 15.6 Å². The first-order valence-corrected chi connectivity index (χ1v) is 5.57. The summed E-state index contributed by atoms with van der Waals surface area (Å²) in [4.78, 5) is 11.1. The predicted octanol–water partition coefficient (Wildman–Crippen LogP) is -1.06. The Balaban J connectivity index is 2.27. The van der Waals surface area contributed by atoms with Crippen molar-refractivity contribution < 1.29 is 24.9 Å². The van der Waals surface area contributed by atoms with Gasteiger partial charge in [0.25, 0.3) is 0 Å². The van der Waals surface area contributed by atoms with E-state index in [9.17, 15) is 15.0 Å². The Morgan fingerprint density at radius 3 is 2.61 bits per heavy atom. The van der Waals surface area contributed by atoms with Crippen molar-refractivity contribution in [1.82, 2.24) is 0 Å². The third kappa shape index (κ3) is 2.23. The van der Waals surface area contributed by atoms with Crippen molar-refractivity contribution >= 4 is 5.91 Å². The van der Waals surface area contributed by atoms with Crippen molar-refractivity contribution in [1.29, 1.82) is 0 Å². The minimum absolute atomic E-state index is 0.297. The van der Waals surface area contributed by atoms with Crippen LogP contribution in [0.5, 0.6) is 0 Å². The molecule has 0 spiro atoms. The second-order valence-corrected chi connectivity index (χ2v) is 4.25. The molecule has 1 aliphatic heterocycles. The Labute approximate surface area is 104 Å². The second-order valence-electron chi connectivity index (χ2n) is 4.25. The largest absolute Gasteiger partial charge is 0.394 e. The van der Waals surface area contributed by atoms with Crippen LogP contribution in [0.15, 0.2) is 24.3 Å². The lowest BCUT2D eigenvalue weighted by Crippen LogP contribution is -2.32. The average molecular weight is 253 g/mol. The number of aliphatic hydroxyl groups excluding tert-OH is 3. The third-order valence-corrected chi connectivity index (χ3v) is 3.04. The van der Waals surface area contributed by atoms with E-state index in [0.29, 0.717) is 11.1 Å². The molecule has 0 radical (unpaired) electrons. The van der Waals surface area contributed by atoms with E-state index in [0.717, 1.165) is 0 Å². The molecule has 1 aromatic carbocycles. The maximum Gasteiger partial charge on any atom is 0.248 e. The van der Waals surface area contributed by atoms with E-state index in [2.05, 4.69) is 0 Å². The molecule has 18 heavy (non-hydrogen) atoms. The lowest BCUT2D eigenvalue weighted by molar-refractivity contribution is -0.0227. The molecule has 1 aromatic rings. The maximum atomic E-state index is 11.1. The molecule has 1 amide bonds. The first kappa shape index (κ1) is 13.0. The van der Waals surface area contributed by atoms with E-state index in [-0.39, 0.29) is 6.61 Å². The van der Waals surface area contributed by atoms with Gasteiger partial charge in [0.2, 0.25) is 5.91 Å². The summed E-state index contributed by atoms with van der Waals surface area (Å²) < 4.78 is 5.35. The normalized spacial score (nSPS) is 31.5. The Morgan fingerprint density at radius 2 is 2.06 bits per heavy atom. The van der Waals surface area contributed by atoms with Crippen molar-refractivity contribution in [2.24, 2.45) is 5.73 Å². The number of hydrogen-bond donors (Lipinski definition) is 4. The Kier molecular flexibility index (Phi) is 3.63. The number of nitrogens with two attached hydrogens (primary N) is 1. The maximum absolute atomic E-state index is 11.1. The molecule has 0 aromatic heterocycles. The topological polar surface area (TPSA) is 113 Å². The van der Waals surface area contributed by atoms with Gasteiger partial charge in [-0.3, -0.25) is 4.79 Å². The molecule has 4 atom stereocenters. The smallest absolute Gasteiger partial charge is 0.248 e. The van der Waals surface area contributed by atoms with Crippen LogP contribution in [0.2, 0.25) is 0 Å². The molecule has 1 aliphatic rings. The number of primary amides is 1. The monoisotopic (exact) mass is 253 g/mol. The van der Waals surface area contributed by atoms with Crippen LogP contribution in [-0.4, -0.2) is 46.1 Å². The summed E-state index contributed by atoms with van der Waals surface area (Å²) in [5.74, 6) is -0.580. The van der Waals surface area contributed by atoms with Crippen molar-refractivity contribution in [3.63, 3.8) is 0 Å². The van der Waals surface area contributed by atoms with E-state index in [1.165, 1.54) is 6.07 Å². The zero-order valence-corrected chi connectivity index (χ0v) is 9.56. The molecular formula is C12H15NO5. The van der Waals surface area contributed by atoms with Gasteiger partial charge in [-0.05, 0) is 17.7 Å². The quantitative estimate of drug-likeness (QED) is 0.548. The molecule has 6 nitrogen and oxygen atoms in total. The molecule has 0 unspecified atom stereocenters. The van der Waals surface area contributed by atoms with Crippen LogP contribution in [0.3, 0.4) is 0 Å². The van der Waals surface area contributed by atoms with Crippen LogP contribution < -0.4 is 5.73 Å². The second kappa shape index (κ2) is 5.03. The molecule has 98 valence electrons. The van der Waals surface area contributed by atoms with Crippen LogP contribution in [0, 0.1) is 0 Å². The standard InChI is InChI=1S/C12H15NO5/c13-12(17)7-3-1-2-6(4-7)11-10(16)9(15)8(5-14)18-11/h1-4,8-11,14-16H,5H2,(H2,13,17)/t8-,9-,10-,11+/m0/s1. The number of aliphatic hydroxyl groups is 3. The van der Waals surface area contributed by atoms with Gasteiger partial charge >= 0.3 is 0 Å².